The predicted octanol–water partition coefficient (Wildman–Crippen LogP) is 1.24. The molecule has 10 heavy (non-hydrogen) atoms. The molecule has 0 amide bonds. The molecule has 0 aromatic carbocycles. The lowest BCUT2D eigenvalue weighted by atomic mass is 10.3. The van der Waals surface area contributed by atoms with Gasteiger partial charge in [0.1, 0.15) is 6.67 Å². The van der Waals surface area contributed by atoms with E-state index in [4.69, 9.17) is 0 Å². The number of allylic oxidation sites excluding steroid dienone is 2. The summed E-state index contributed by atoms with van der Waals surface area (Å²) in [5.41, 5.74) is 2.15. The lowest BCUT2D eigenvalue weighted by molar-refractivity contribution is 0.377. The van der Waals surface area contributed by atoms with Crippen molar-refractivity contribution in [2.45, 2.75) is 13.8 Å². The topological polar surface area (TPSA) is 28.0 Å². The summed E-state index contributed by atoms with van der Waals surface area (Å²) < 4.78 is 0. The largest absolute Gasteiger partial charge is 0.267 e. The first kappa shape index (κ1) is 6.99. The molecule has 0 aliphatic carbocycles. The molecule has 0 radical (unpaired) electrons. The third-order valence-corrected chi connectivity index (χ3v) is 1.45. The van der Waals surface area contributed by atoms with Crippen LogP contribution in [-0.4, -0.2) is 24.1 Å². The van der Waals surface area contributed by atoms with Gasteiger partial charge in [-0.05, 0) is 19.9 Å². The summed E-state index contributed by atoms with van der Waals surface area (Å²) in [7, 11) is 0. The third kappa shape index (κ3) is 1.23. The van der Waals surface area contributed by atoms with Crippen LogP contribution in [0.25, 0.3) is 0 Å². The number of rotatable bonds is 1. The van der Waals surface area contributed by atoms with Gasteiger partial charge in [0.05, 0.1) is 0 Å². The van der Waals surface area contributed by atoms with E-state index in [0.29, 0.717) is 6.67 Å². The highest BCUT2D eigenvalue weighted by Crippen LogP contribution is 2.08. The Balaban J connectivity index is 2.77. The van der Waals surface area contributed by atoms with Crippen LogP contribution in [0.5, 0.6) is 0 Å². The molecule has 0 spiro atoms. The van der Waals surface area contributed by atoms with E-state index in [1.165, 1.54) is 0 Å². The number of hydrogen-bond acceptors (Lipinski definition) is 3. The molecular formula is C7H11N3. The van der Waals surface area contributed by atoms with Gasteiger partial charge in [0.15, 0.2) is 0 Å². The molecule has 0 bridgehead atoms. The van der Waals surface area contributed by atoms with Crippen molar-refractivity contribution < 1.29 is 0 Å². The van der Waals surface area contributed by atoms with Crippen LogP contribution in [-0.2, 0) is 0 Å². The lowest BCUT2D eigenvalue weighted by Crippen LogP contribution is -2.19. The van der Waals surface area contributed by atoms with Crippen LogP contribution < -0.4 is 0 Å². The summed E-state index contributed by atoms with van der Waals surface area (Å²) in [5.74, 6) is 0. The van der Waals surface area contributed by atoms with Crippen molar-refractivity contribution in [2.24, 2.45) is 10.1 Å². The Morgan fingerprint density at radius 2 is 2.40 bits per heavy atom. The minimum absolute atomic E-state index is 0.609. The van der Waals surface area contributed by atoms with Gasteiger partial charge in [-0.3, -0.25) is 4.99 Å². The second-order valence-corrected chi connectivity index (χ2v) is 2.27. The Morgan fingerprint density at radius 1 is 1.70 bits per heavy atom. The summed E-state index contributed by atoms with van der Waals surface area (Å²) >= 11 is 0. The molecule has 0 atom stereocenters. The molecule has 0 saturated carbocycles. The molecule has 0 unspecified atom stereocenters. The third-order valence-electron chi connectivity index (χ3n) is 1.45. The minimum atomic E-state index is 0.609. The van der Waals surface area contributed by atoms with Gasteiger partial charge in [-0.1, -0.05) is 0 Å². The van der Waals surface area contributed by atoms with Gasteiger partial charge in [0.2, 0.25) is 0 Å². The zero-order valence-corrected chi connectivity index (χ0v) is 6.33. The monoisotopic (exact) mass is 137 g/mol. The van der Waals surface area contributed by atoms with Crippen LogP contribution in [0.15, 0.2) is 21.9 Å². The first-order valence-corrected chi connectivity index (χ1v) is 3.17. The molecule has 1 aliphatic rings. The van der Waals surface area contributed by atoms with Gasteiger partial charge in [0.25, 0.3) is 0 Å². The van der Waals surface area contributed by atoms with Gasteiger partial charge >= 0.3 is 0 Å². The molecule has 0 aromatic heterocycles. The van der Waals surface area contributed by atoms with Crippen molar-refractivity contribution in [3.63, 3.8) is 0 Å². The summed E-state index contributed by atoms with van der Waals surface area (Å²) in [4.78, 5) is 4.16. The van der Waals surface area contributed by atoms with Crippen LogP contribution in [0.2, 0.25) is 0 Å². The SMILES string of the molecule is C=NN1CN=C(C)C=C1C. The summed E-state index contributed by atoms with van der Waals surface area (Å²) in [5, 5.41) is 5.53. The zero-order valence-electron chi connectivity index (χ0n) is 6.33. The van der Waals surface area contributed by atoms with Crippen molar-refractivity contribution in [1.82, 2.24) is 5.01 Å². The Hall–Kier alpha value is -1.12. The number of hydrazone groups is 1. The van der Waals surface area contributed by atoms with Gasteiger partial charge < -0.3 is 0 Å². The average molecular weight is 137 g/mol. The highest BCUT2D eigenvalue weighted by molar-refractivity contribution is 5.93. The molecule has 1 aliphatic heterocycles. The van der Waals surface area contributed by atoms with Gasteiger partial charge in [-0.25, -0.2) is 5.01 Å². The summed E-state index contributed by atoms with van der Waals surface area (Å²) in [6.45, 7) is 8.00. The first-order valence-electron chi connectivity index (χ1n) is 3.17. The second kappa shape index (κ2) is 2.64. The molecule has 0 saturated heterocycles. The van der Waals surface area contributed by atoms with Crippen LogP contribution in [0.3, 0.4) is 0 Å². The minimum Gasteiger partial charge on any atom is -0.267 e. The Bertz CT molecular complexity index is 203. The van der Waals surface area contributed by atoms with Crippen molar-refractivity contribution >= 4 is 12.4 Å². The van der Waals surface area contributed by atoms with Crippen molar-refractivity contribution in [3.05, 3.63) is 11.8 Å². The summed E-state index contributed by atoms with van der Waals surface area (Å²) in [6, 6.07) is 0. The normalized spacial score (nSPS) is 18.0. The van der Waals surface area contributed by atoms with Crippen LogP contribution in [0, 0.1) is 0 Å². The second-order valence-electron chi connectivity index (χ2n) is 2.27. The Kier molecular flexibility index (Phi) is 1.85. The van der Waals surface area contributed by atoms with Crippen molar-refractivity contribution in [2.75, 3.05) is 6.67 Å². The maximum atomic E-state index is 4.16. The first-order chi connectivity index (χ1) is 4.74. The Labute approximate surface area is 60.8 Å². The molecule has 3 heteroatoms. The van der Waals surface area contributed by atoms with E-state index >= 15 is 0 Å². The molecule has 0 fully saturated rings. The van der Waals surface area contributed by atoms with Crippen LogP contribution >= 0.6 is 0 Å². The number of nitrogens with zero attached hydrogens (tertiary/aromatic N) is 3. The van der Waals surface area contributed by atoms with Gasteiger partial charge in [0, 0.05) is 18.1 Å². The smallest absolute Gasteiger partial charge is 0.131 e. The zero-order chi connectivity index (χ0) is 7.56. The van der Waals surface area contributed by atoms with Crippen LogP contribution in [0.4, 0.5) is 0 Å². The molecule has 0 aromatic rings. The fraction of sp³-hybridized carbons (Fsp3) is 0.429. The van der Waals surface area contributed by atoms with Gasteiger partial charge in [-0.15, -0.1) is 0 Å². The highest BCUT2D eigenvalue weighted by atomic mass is 15.5. The highest BCUT2D eigenvalue weighted by Gasteiger charge is 2.05. The standard InChI is InChI=1S/C7H11N3/c1-6-4-7(2)10(8-3)5-9-6/h4H,3,5H2,1-2H3. The average Bonchev–Trinajstić information content (AvgIpc) is 1.88. The maximum absolute atomic E-state index is 4.16. The molecule has 54 valence electrons. The quantitative estimate of drug-likeness (QED) is 0.500. The van der Waals surface area contributed by atoms with E-state index in [1.54, 1.807) is 5.01 Å². The molecule has 1 heterocycles. The van der Waals surface area contributed by atoms with E-state index in [-0.39, 0.29) is 0 Å². The molecule has 0 N–H and O–H groups in total. The molecule has 3 nitrogen and oxygen atoms in total. The van der Waals surface area contributed by atoms with Crippen molar-refractivity contribution in [3.8, 4) is 0 Å². The maximum Gasteiger partial charge on any atom is 0.131 e. The number of hydrogen-bond donors (Lipinski definition) is 0. The van der Waals surface area contributed by atoms with Crippen LogP contribution in [0.1, 0.15) is 13.8 Å². The Morgan fingerprint density at radius 3 is 2.90 bits per heavy atom. The van der Waals surface area contributed by atoms with E-state index in [2.05, 4.69) is 16.8 Å². The van der Waals surface area contributed by atoms with E-state index in [9.17, 15) is 0 Å². The molecule has 1 rings (SSSR count). The lowest BCUT2D eigenvalue weighted by Gasteiger charge is -2.20. The number of aliphatic imine (C=N–C) groups is 1. The molecular weight excluding hydrogens is 126 g/mol. The summed E-state index contributed by atoms with van der Waals surface area (Å²) in [6.07, 6.45) is 1.98. The van der Waals surface area contributed by atoms with E-state index in [1.807, 2.05) is 19.9 Å². The van der Waals surface area contributed by atoms with Gasteiger partial charge in [-0.2, -0.15) is 5.10 Å². The van der Waals surface area contributed by atoms with Crippen molar-refractivity contribution in [1.29, 1.82) is 0 Å². The van der Waals surface area contributed by atoms with E-state index in [0.717, 1.165) is 11.4 Å². The van der Waals surface area contributed by atoms with E-state index < -0.39 is 0 Å². The fourth-order valence-electron chi connectivity index (χ4n) is 0.869. The fourth-order valence-corrected chi connectivity index (χ4v) is 0.869. The predicted molar refractivity (Wildman–Crippen MR) is 43.1 cm³/mol.